The van der Waals surface area contributed by atoms with Gasteiger partial charge >= 0.3 is 0 Å². The second-order valence-corrected chi connectivity index (χ2v) is 4.16. The Morgan fingerprint density at radius 2 is 2.27 bits per heavy atom. The summed E-state index contributed by atoms with van der Waals surface area (Å²) < 4.78 is 8.01. The lowest BCUT2D eigenvalue weighted by molar-refractivity contribution is 0.100. The predicted molar refractivity (Wildman–Crippen MR) is 65.5 cm³/mol. The molecule has 0 amide bonds. The Labute approximate surface area is 101 Å². The quantitative estimate of drug-likeness (QED) is 0.494. The van der Waals surface area contributed by atoms with E-state index in [0.29, 0.717) is 11.5 Å². The number of rotatable bonds is 4. The zero-order valence-corrected chi connectivity index (χ0v) is 10.2. The Hall–Kier alpha value is -1.04. The van der Waals surface area contributed by atoms with Crippen molar-refractivity contribution >= 4 is 28.4 Å². The summed E-state index contributed by atoms with van der Waals surface area (Å²) in [6.07, 6.45) is 3.42. The number of carbonyl (C=O) groups excluding carboxylic acids is 1. The van der Waals surface area contributed by atoms with E-state index in [1.54, 1.807) is 12.1 Å². The number of furan rings is 1. The summed E-state index contributed by atoms with van der Waals surface area (Å²) in [5.74, 6) is 0.332. The number of hydrogen-bond donors (Lipinski definition) is 0. The van der Waals surface area contributed by atoms with Gasteiger partial charge in [-0.1, -0.05) is 22.6 Å². The van der Waals surface area contributed by atoms with Gasteiger partial charge in [0.25, 0.3) is 0 Å². The van der Waals surface area contributed by atoms with Gasteiger partial charge in [0.1, 0.15) is 0 Å². The van der Waals surface area contributed by atoms with Crippen LogP contribution in [0.4, 0.5) is 0 Å². The molecule has 2 aromatic heterocycles. The highest BCUT2D eigenvalue weighted by molar-refractivity contribution is 14.1. The summed E-state index contributed by atoms with van der Waals surface area (Å²) in [4.78, 5) is 11.9. The zero-order valence-electron chi connectivity index (χ0n) is 8.02. The van der Waals surface area contributed by atoms with Crippen LogP contribution in [0.3, 0.4) is 0 Å². The van der Waals surface area contributed by atoms with Crippen LogP contribution in [-0.4, -0.2) is 14.8 Å². The van der Waals surface area contributed by atoms with E-state index in [2.05, 4.69) is 22.6 Å². The Morgan fingerprint density at radius 1 is 1.40 bits per heavy atom. The van der Waals surface area contributed by atoms with Gasteiger partial charge in [0.15, 0.2) is 5.76 Å². The summed E-state index contributed by atoms with van der Waals surface area (Å²) in [5.41, 5.74) is 0.682. The number of hydrogen-bond acceptors (Lipinski definition) is 2. The molecule has 0 aliphatic rings. The van der Waals surface area contributed by atoms with Gasteiger partial charge in [0.05, 0.1) is 12.0 Å². The van der Waals surface area contributed by atoms with Gasteiger partial charge in [-0.3, -0.25) is 4.79 Å². The molecule has 2 aromatic rings. The van der Waals surface area contributed by atoms with Crippen LogP contribution in [0.25, 0.3) is 0 Å². The van der Waals surface area contributed by atoms with Gasteiger partial charge in [-0.25, -0.2) is 0 Å². The van der Waals surface area contributed by atoms with E-state index in [1.807, 2.05) is 22.9 Å². The number of aromatic nitrogens is 1. The number of alkyl halides is 1. The van der Waals surface area contributed by atoms with Crippen molar-refractivity contribution in [2.45, 2.75) is 6.54 Å². The maximum atomic E-state index is 11.9. The van der Waals surface area contributed by atoms with Crippen molar-refractivity contribution < 1.29 is 9.21 Å². The van der Waals surface area contributed by atoms with Crippen molar-refractivity contribution in [1.82, 2.24) is 4.57 Å². The highest BCUT2D eigenvalue weighted by Gasteiger charge is 2.14. The fraction of sp³-hybridized carbons (Fsp3) is 0.182. The highest BCUT2D eigenvalue weighted by atomic mass is 127. The second kappa shape index (κ2) is 4.65. The van der Waals surface area contributed by atoms with Crippen LogP contribution in [0.5, 0.6) is 0 Å². The Kier molecular flexibility index (Phi) is 3.25. The van der Waals surface area contributed by atoms with Crippen molar-refractivity contribution in [3.8, 4) is 0 Å². The molecular weight excluding hydrogens is 305 g/mol. The molecule has 0 atom stereocenters. The molecule has 2 heterocycles. The SMILES string of the molecule is O=C(c1ccco1)c1cccn1CCI. The fourth-order valence-electron chi connectivity index (χ4n) is 1.44. The Bertz CT molecular complexity index is 445. The number of ketones is 1. The minimum atomic E-state index is -0.0603. The van der Waals surface area contributed by atoms with Crippen LogP contribution in [-0.2, 0) is 6.54 Å². The second-order valence-electron chi connectivity index (χ2n) is 3.08. The van der Waals surface area contributed by atoms with E-state index in [-0.39, 0.29) is 5.78 Å². The van der Waals surface area contributed by atoms with Crippen LogP contribution in [0.1, 0.15) is 16.2 Å². The molecule has 0 saturated carbocycles. The average molecular weight is 315 g/mol. The van der Waals surface area contributed by atoms with Crippen molar-refractivity contribution in [2.75, 3.05) is 4.43 Å². The third-order valence-corrected chi connectivity index (χ3v) is 2.61. The fourth-order valence-corrected chi connectivity index (χ4v) is 1.96. The Morgan fingerprint density at radius 3 is 2.93 bits per heavy atom. The van der Waals surface area contributed by atoms with Crippen molar-refractivity contribution in [3.63, 3.8) is 0 Å². The van der Waals surface area contributed by atoms with Crippen molar-refractivity contribution in [2.24, 2.45) is 0 Å². The topological polar surface area (TPSA) is 35.1 Å². The summed E-state index contributed by atoms with van der Waals surface area (Å²) in [7, 11) is 0. The first kappa shape index (κ1) is 10.5. The number of nitrogens with zero attached hydrogens (tertiary/aromatic N) is 1. The molecule has 0 fully saturated rings. The molecule has 78 valence electrons. The maximum absolute atomic E-state index is 11.9. The van der Waals surface area contributed by atoms with E-state index >= 15 is 0 Å². The maximum Gasteiger partial charge on any atom is 0.244 e. The Balaban J connectivity index is 2.29. The average Bonchev–Trinajstić information content (AvgIpc) is 2.87. The predicted octanol–water partition coefficient (Wildman–Crippen LogP) is 2.75. The van der Waals surface area contributed by atoms with Crippen LogP contribution < -0.4 is 0 Å². The monoisotopic (exact) mass is 315 g/mol. The van der Waals surface area contributed by atoms with Crippen LogP contribution >= 0.6 is 22.6 Å². The van der Waals surface area contributed by atoms with Gasteiger partial charge in [-0.05, 0) is 24.3 Å². The number of carbonyl (C=O) groups is 1. The first-order valence-electron chi connectivity index (χ1n) is 4.62. The molecule has 3 nitrogen and oxygen atoms in total. The molecule has 0 saturated heterocycles. The standard InChI is InChI=1S/C11H10INO2/c12-5-7-13-6-1-3-9(13)11(14)10-4-2-8-15-10/h1-4,6,8H,5,7H2. The largest absolute Gasteiger partial charge is 0.461 e. The van der Waals surface area contributed by atoms with E-state index in [4.69, 9.17) is 4.42 Å². The molecule has 2 rings (SSSR count). The molecule has 0 N–H and O–H groups in total. The molecule has 0 aliphatic heterocycles. The highest BCUT2D eigenvalue weighted by Crippen LogP contribution is 2.11. The minimum absolute atomic E-state index is 0.0603. The third-order valence-electron chi connectivity index (χ3n) is 2.13. The summed E-state index contributed by atoms with van der Waals surface area (Å²) in [6.45, 7) is 0.843. The van der Waals surface area contributed by atoms with Gasteiger partial charge in [-0.2, -0.15) is 0 Å². The lowest BCUT2D eigenvalue weighted by Gasteiger charge is -2.04. The van der Waals surface area contributed by atoms with Crippen LogP contribution in [0.15, 0.2) is 41.1 Å². The lowest BCUT2D eigenvalue weighted by atomic mass is 10.2. The molecule has 0 spiro atoms. The van der Waals surface area contributed by atoms with Gasteiger partial charge in [0, 0.05) is 17.2 Å². The van der Waals surface area contributed by atoms with Crippen molar-refractivity contribution in [3.05, 3.63) is 48.2 Å². The zero-order chi connectivity index (χ0) is 10.7. The summed E-state index contributed by atoms with van der Waals surface area (Å²) >= 11 is 2.29. The molecule has 0 unspecified atom stereocenters. The first-order valence-corrected chi connectivity index (χ1v) is 6.15. The summed E-state index contributed by atoms with van der Waals surface area (Å²) in [5, 5.41) is 0. The smallest absolute Gasteiger partial charge is 0.244 e. The van der Waals surface area contributed by atoms with Gasteiger partial charge in [-0.15, -0.1) is 0 Å². The van der Waals surface area contributed by atoms with E-state index in [9.17, 15) is 4.79 Å². The van der Waals surface area contributed by atoms with Crippen LogP contribution in [0.2, 0.25) is 0 Å². The molecule has 15 heavy (non-hydrogen) atoms. The molecule has 0 aliphatic carbocycles. The van der Waals surface area contributed by atoms with E-state index in [0.717, 1.165) is 11.0 Å². The van der Waals surface area contributed by atoms with Gasteiger partial charge < -0.3 is 8.98 Å². The normalized spacial score (nSPS) is 10.5. The van der Waals surface area contributed by atoms with Crippen LogP contribution in [0, 0.1) is 0 Å². The summed E-state index contributed by atoms with van der Waals surface area (Å²) in [6, 6.07) is 7.10. The molecule has 0 aromatic carbocycles. The van der Waals surface area contributed by atoms with E-state index < -0.39 is 0 Å². The first-order chi connectivity index (χ1) is 7.33. The number of halogens is 1. The van der Waals surface area contributed by atoms with Crippen molar-refractivity contribution in [1.29, 1.82) is 0 Å². The number of aryl methyl sites for hydroxylation is 1. The molecule has 0 bridgehead atoms. The minimum Gasteiger partial charge on any atom is -0.461 e. The lowest BCUT2D eigenvalue weighted by Crippen LogP contribution is -2.09. The molecule has 0 radical (unpaired) electrons. The van der Waals surface area contributed by atoms with E-state index in [1.165, 1.54) is 6.26 Å². The molecule has 4 heteroatoms. The van der Waals surface area contributed by atoms with Gasteiger partial charge in [0.2, 0.25) is 5.78 Å². The third kappa shape index (κ3) is 2.14. The molecular formula is C11H10INO2.